The number of hydrogen-bond acceptors (Lipinski definition) is 10. The van der Waals surface area contributed by atoms with Gasteiger partial charge in [0.05, 0.1) is 27.8 Å². The fraction of sp³-hybridized carbons (Fsp3) is 0.333. The highest BCUT2D eigenvalue weighted by Gasteiger charge is 2.45. The standard InChI is InChI=1S/C15H16N4O6S2/c16-11-5-6-18(15(22)17-11)14-13(12(21)9(7-20)25-14)27-26-10-4-2-1-3-8(10)19(23)24/h1-6,9,12-14,20-21H,7H2,(H2,16,17,22)/t9-,12-,13?,14-/m1/s1. The van der Waals surface area contributed by atoms with Crippen molar-refractivity contribution in [2.45, 2.75) is 28.6 Å². The summed E-state index contributed by atoms with van der Waals surface area (Å²) in [5.74, 6) is 0.0481. The molecule has 1 saturated heterocycles. The van der Waals surface area contributed by atoms with Gasteiger partial charge < -0.3 is 20.7 Å². The molecule has 4 N–H and O–H groups in total. The van der Waals surface area contributed by atoms with Crippen molar-refractivity contribution in [2.24, 2.45) is 0 Å². The molecule has 0 aliphatic carbocycles. The number of nitrogen functional groups attached to an aromatic ring is 1. The van der Waals surface area contributed by atoms with Crippen molar-refractivity contribution in [3.8, 4) is 0 Å². The van der Waals surface area contributed by atoms with Crippen molar-refractivity contribution >= 4 is 33.1 Å². The van der Waals surface area contributed by atoms with Crippen LogP contribution < -0.4 is 11.4 Å². The fourth-order valence-electron chi connectivity index (χ4n) is 2.60. The van der Waals surface area contributed by atoms with Crippen LogP contribution in [0.25, 0.3) is 0 Å². The second-order valence-electron chi connectivity index (χ2n) is 5.65. The SMILES string of the molecule is Nc1ccn([C@@H]2O[C@H](CO)[C@@H](O)C2SSc2ccccc2[N+](=O)[O-])c(=O)n1. The first-order valence-corrected chi connectivity index (χ1v) is 9.99. The third kappa shape index (κ3) is 4.09. The Hall–Kier alpha value is -2.12. The summed E-state index contributed by atoms with van der Waals surface area (Å²) in [6.07, 6.45) is -1.52. The van der Waals surface area contributed by atoms with Crippen LogP contribution in [-0.4, -0.2) is 48.8 Å². The van der Waals surface area contributed by atoms with Crippen molar-refractivity contribution in [2.75, 3.05) is 12.3 Å². The van der Waals surface area contributed by atoms with Crippen LogP contribution >= 0.6 is 21.6 Å². The zero-order valence-electron chi connectivity index (χ0n) is 13.7. The van der Waals surface area contributed by atoms with Gasteiger partial charge in [0, 0.05) is 12.3 Å². The van der Waals surface area contributed by atoms with Crippen LogP contribution in [0.4, 0.5) is 11.5 Å². The molecule has 0 saturated carbocycles. The summed E-state index contributed by atoms with van der Waals surface area (Å²) in [7, 11) is 2.21. The van der Waals surface area contributed by atoms with Gasteiger partial charge in [-0.1, -0.05) is 22.9 Å². The molecule has 1 fully saturated rings. The zero-order valence-corrected chi connectivity index (χ0v) is 15.4. The Morgan fingerprint density at radius 2 is 2.11 bits per heavy atom. The van der Waals surface area contributed by atoms with Gasteiger partial charge in [-0.3, -0.25) is 14.7 Å². The van der Waals surface area contributed by atoms with Crippen LogP contribution in [0.5, 0.6) is 0 Å². The number of aliphatic hydroxyl groups excluding tert-OH is 2. The molecule has 0 radical (unpaired) electrons. The second kappa shape index (κ2) is 8.27. The van der Waals surface area contributed by atoms with Crippen LogP contribution in [0.1, 0.15) is 6.23 Å². The third-order valence-electron chi connectivity index (χ3n) is 3.93. The molecular formula is C15H16N4O6S2. The lowest BCUT2D eigenvalue weighted by atomic mass is 10.2. The summed E-state index contributed by atoms with van der Waals surface area (Å²) >= 11 is 0. The van der Waals surface area contributed by atoms with E-state index in [1.165, 1.54) is 22.9 Å². The average molecular weight is 412 g/mol. The Morgan fingerprint density at radius 3 is 2.78 bits per heavy atom. The molecule has 1 unspecified atom stereocenters. The Bertz CT molecular complexity index is 895. The predicted molar refractivity (Wildman–Crippen MR) is 100 cm³/mol. The first kappa shape index (κ1) is 19.6. The van der Waals surface area contributed by atoms with Crippen LogP contribution in [0.3, 0.4) is 0 Å². The highest BCUT2D eigenvalue weighted by Crippen LogP contribution is 2.47. The smallest absolute Gasteiger partial charge is 0.351 e. The molecule has 1 aliphatic rings. The topological polar surface area (TPSA) is 154 Å². The third-order valence-corrected chi connectivity index (χ3v) is 6.78. The van der Waals surface area contributed by atoms with E-state index >= 15 is 0 Å². The van der Waals surface area contributed by atoms with Gasteiger partial charge in [0.2, 0.25) is 0 Å². The van der Waals surface area contributed by atoms with E-state index in [2.05, 4.69) is 4.98 Å². The second-order valence-corrected chi connectivity index (χ2v) is 8.07. The number of nitro groups is 1. The number of para-hydroxylation sites is 1. The van der Waals surface area contributed by atoms with E-state index < -0.39 is 40.9 Å². The minimum atomic E-state index is -1.09. The molecule has 27 heavy (non-hydrogen) atoms. The number of nitrogens with two attached hydrogens (primary N) is 1. The Morgan fingerprint density at radius 1 is 1.37 bits per heavy atom. The van der Waals surface area contributed by atoms with E-state index in [9.17, 15) is 25.1 Å². The number of nitrogens with zero attached hydrogens (tertiary/aromatic N) is 3. The molecule has 0 bridgehead atoms. The highest BCUT2D eigenvalue weighted by atomic mass is 33.1. The molecule has 1 aromatic heterocycles. The van der Waals surface area contributed by atoms with E-state index in [4.69, 9.17) is 10.5 Å². The Labute approximate surface area is 160 Å². The molecule has 0 spiro atoms. The summed E-state index contributed by atoms with van der Waals surface area (Å²) in [5, 5.41) is 30.4. The van der Waals surface area contributed by atoms with Crippen molar-refractivity contribution in [3.63, 3.8) is 0 Å². The highest BCUT2D eigenvalue weighted by molar-refractivity contribution is 8.77. The van der Waals surface area contributed by atoms with Crippen LogP contribution in [-0.2, 0) is 4.74 Å². The van der Waals surface area contributed by atoms with Gasteiger partial charge in [0.1, 0.15) is 11.9 Å². The lowest BCUT2D eigenvalue weighted by Gasteiger charge is -2.20. The van der Waals surface area contributed by atoms with Gasteiger partial charge in [0.15, 0.2) is 6.23 Å². The summed E-state index contributed by atoms with van der Waals surface area (Å²) in [5.41, 5.74) is 4.77. The monoisotopic (exact) mass is 412 g/mol. The van der Waals surface area contributed by atoms with Crippen molar-refractivity contribution < 1.29 is 19.9 Å². The van der Waals surface area contributed by atoms with Crippen LogP contribution in [0.2, 0.25) is 0 Å². The average Bonchev–Trinajstić information content (AvgIpc) is 2.95. The quantitative estimate of drug-likeness (QED) is 0.352. The van der Waals surface area contributed by atoms with Crippen LogP contribution in [0, 0.1) is 10.1 Å². The fourth-order valence-corrected chi connectivity index (χ4v) is 5.45. The van der Waals surface area contributed by atoms with Crippen molar-refractivity contribution in [1.29, 1.82) is 0 Å². The number of aromatic nitrogens is 2. The molecular weight excluding hydrogens is 396 g/mol. The van der Waals surface area contributed by atoms with Crippen molar-refractivity contribution in [3.05, 3.63) is 57.1 Å². The first-order valence-electron chi connectivity index (χ1n) is 7.78. The van der Waals surface area contributed by atoms with E-state index in [1.54, 1.807) is 18.2 Å². The molecule has 1 aromatic carbocycles. The molecule has 2 heterocycles. The minimum Gasteiger partial charge on any atom is -0.394 e. The summed E-state index contributed by atoms with van der Waals surface area (Å²) < 4.78 is 6.80. The predicted octanol–water partition coefficient (Wildman–Crippen LogP) is 0.793. The van der Waals surface area contributed by atoms with Gasteiger partial charge in [-0.05, 0) is 22.9 Å². The maximum Gasteiger partial charge on any atom is 0.351 e. The van der Waals surface area contributed by atoms with E-state index in [0.29, 0.717) is 4.90 Å². The zero-order chi connectivity index (χ0) is 19.6. The van der Waals surface area contributed by atoms with Crippen molar-refractivity contribution in [1.82, 2.24) is 9.55 Å². The van der Waals surface area contributed by atoms with Gasteiger partial charge in [0.25, 0.3) is 5.69 Å². The molecule has 1 aliphatic heterocycles. The number of anilines is 1. The molecule has 2 aromatic rings. The summed E-state index contributed by atoms with van der Waals surface area (Å²) in [4.78, 5) is 26.8. The number of nitro benzene ring substituents is 1. The number of benzene rings is 1. The number of rotatable bonds is 6. The molecule has 4 atom stereocenters. The van der Waals surface area contributed by atoms with E-state index in [-0.39, 0.29) is 11.5 Å². The number of hydrogen-bond donors (Lipinski definition) is 3. The number of aliphatic hydroxyl groups is 2. The molecule has 0 amide bonds. The van der Waals surface area contributed by atoms with E-state index in [0.717, 1.165) is 21.6 Å². The number of ether oxygens (including phenoxy) is 1. The molecule has 3 rings (SSSR count). The maximum atomic E-state index is 12.1. The lowest BCUT2D eigenvalue weighted by Crippen LogP contribution is -2.34. The Kier molecular flexibility index (Phi) is 6.01. The van der Waals surface area contributed by atoms with Gasteiger partial charge in [-0.15, -0.1) is 0 Å². The molecule has 144 valence electrons. The minimum absolute atomic E-state index is 0.0481. The maximum absolute atomic E-state index is 12.1. The van der Waals surface area contributed by atoms with Gasteiger partial charge in [-0.25, -0.2) is 4.79 Å². The lowest BCUT2D eigenvalue weighted by molar-refractivity contribution is -0.387. The molecule has 12 heteroatoms. The Balaban J connectivity index is 1.87. The van der Waals surface area contributed by atoms with Crippen LogP contribution in [0.15, 0.2) is 46.2 Å². The van der Waals surface area contributed by atoms with E-state index in [1.807, 2.05) is 0 Å². The summed E-state index contributed by atoms with van der Waals surface area (Å²) in [6, 6.07) is 7.62. The largest absolute Gasteiger partial charge is 0.394 e. The van der Waals surface area contributed by atoms with Gasteiger partial charge >= 0.3 is 5.69 Å². The summed E-state index contributed by atoms with van der Waals surface area (Å²) in [6.45, 7) is -0.442. The molecule has 10 nitrogen and oxygen atoms in total. The van der Waals surface area contributed by atoms with Gasteiger partial charge in [-0.2, -0.15) is 4.98 Å². The normalized spacial score (nSPS) is 24.8. The first-order chi connectivity index (χ1) is 12.9.